The van der Waals surface area contributed by atoms with Gasteiger partial charge in [0.25, 0.3) is 20.2 Å². The predicted octanol–water partition coefficient (Wildman–Crippen LogP) is 4.31. The van der Waals surface area contributed by atoms with Gasteiger partial charge in [0.15, 0.2) is 11.4 Å². The summed E-state index contributed by atoms with van der Waals surface area (Å²) in [4.78, 5) is 28.2. The number of hydrogen-bond acceptors (Lipinski definition) is 11. The number of aromatic nitrogens is 4. The Hall–Kier alpha value is -2.07. The Labute approximate surface area is 250 Å². The monoisotopic (exact) mass is 698 g/mol. The summed E-state index contributed by atoms with van der Waals surface area (Å²) in [5.74, 6) is -5.13. The van der Waals surface area contributed by atoms with Crippen LogP contribution in [0.25, 0.3) is 0 Å². The number of carbonyl (C=O) groups excluding carboxylic acids is 1. The molecule has 0 aliphatic heterocycles. The van der Waals surface area contributed by atoms with E-state index in [1.54, 1.807) is 0 Å². The Bertz CT molecular complexity index is 1400. The van der Waals surface area contributed by atoms with Gasteiger partial charge in [-0.2, -0.15) is 66.7 Å². The van der Waals surface area contributed by atoms with E-state index >= 15 is 0 Å². The van der Waals surface area contributed by atoms with Crippen LogP contribution in [0.15, 0.2) is 24.8 Å². The SMILES string of the molecule is O=C1C(C(SCCS(=O)(=O)O)c2cncc(C(F)(F)F)n2)CCCC1C(SCCS(=O)(=O)O)c1cncc(C(F)(F)F)n1. The van der Waals surface area contributed by atoms with Gasteiger partial charge in [0, 0.05) is 35.7 Å². The van der Waals surface area contributed by atoms with Crippen LogP contribution in [-0.2, 0) is 37.4 Å². The molecule has 0 radical (unpaired) electrons. The highest BCUT2D eigenvalue weighted by Gasteiger charge is 2.44. The molecule has 4 unspecified atom stereocenters. The molecule has 21 heteroatoms. The maximum atomic E-state index is 13.9. The summed E-state index contributed by atoms with van der Waals surface area (Å²) in [6.07, 6.45) is -6.48. The molecule has 43 heavy (non-hydrogen) atoms. The van der Waals surface area contributed by atoms with Gasteiger partial charge in [-0.1, -0.05) is 6.42 Å². The summed E-state index contributed by atoms with van der Waals surface area (Å²) >= 11 is 1.48. The third kappa shape index (κ3) is 10.5. The van der Waals surface area contributed by atoms with E-state index in [0.29, 0.717) is 12.4 Å². The number of thioether (sulfide) groups is 2. The average Bonchev–Trinajstić information content (AvgIpc) is 2.88. The fourth-order valence-electron chi connectivity index (χ4n) is 4.40. The molecule has 0 bridgehead atoms. The largest absolute Gasteiger partial charge is 0.434 e. The zero-order chi connectivity index (χ0) is 32.2. The highest BCUT2D eigenvalue weighted by Crippen LogP contribution is 2.48. The second-order valence-electron chi connectivity index (χ2n) is 9.35. The first-order chi connectivity index (χ1) is 19.8. The lowest BCUT2D eigenvalue weighted by atomic mass is 9.76. The quantitative estimate of drug-likeness (QED) is 0.237. The Morgan fingerprint density at radius 2 is 1.12 bits per heavy atom. The van der Waals surface area contributed by atoms with Gasteiger partial charge in [-0.25, -0.2) is 9.97 Å². The normalized spacial score (nSPS) is 20.1. The lowest BCUT2D eigenvalue weighted by Crippen LogP contribution is -2.35. The molecule has 1 saturated carbocycles. The van der Waals surface area contributed by atoms with Crippen LogP contribution in [0.2, 0.25) is 0 Å². The number of halogens is 6. The van der Waals surface area contributed by atoms with E-state index in [9.17, 15) is 48.0 Å². The molecule has 1 aliphatic carbocycles. The molecule has 2 aromatic heterocycles. The first kappa shape index (κ1) is 35.4. The molecule has 0 amide bonds. The highest BCUT2D eigenvalue weighted by molar-refractivity contribution is 8.00. The Morgan fingerprint density at radius 1 is 0.744 bits per heavy atom. The minimum Gasteiger partial charge on any atom is -0.299 e. The van der Waals surface area contributed by atoms with Crippen LogP contribution in [0.4, 0.5) is 26.3 Å². The number of rotatable bonds is 12. The fourth-order valence-corrected chi connectivity index (χ4v) is 8.94. The maximum Gasteiger partial charge on any atom is 0.434 e. The summed E-state index contributed by atoms with van der Waals surface area (Å²) in [7, 11) is -8.96. The molecule has 2 heterocycles. The zero-order valence-electron chi connectivity index (χ0n) is 21.7. The van der Waals surface area contributed by atoms with Gasteiger partial charge in [-0.15, -0.1) is 0 Å². The average molecular weight is 699 g/mol. The molecular weight excluding hydrogens is 675 g/mol. The summed E-state index contributed by atoms with van der Waals surface area (Å²) in [6.45, 7) is 0. The van der Waals surface area contributed by atoms with Crippen molar-refractivity contribution in [2.24, 2.45) is 11.8 Å². The summed E-state index contributed by atoms with van der Waals surface area (Å²) in [6, 6.07) is 0. The third-order valence-electron chi connectivity index (χ3n) is 6.24. The molecule has 11 nitrogen and oxygen atoms in total. The molecule has 2 N–H and O–H groups in total. The van der Waals surface area contributed by atoms with Crippen LogP contribution in [0.1, 0.15) is 52.5 Å². The van der Waals surface area contributed by atoms with Gasteiger partial charge in [-0.3, -0.25) is 23.9 Å². The highest BCUT2D eigenvalue weighted by atomic mass is 32.2. The summed E-state index contributed by atoms with van der Waals surface area (Å²) in [5, 5.41) is -2.38. The zero-order valence-corrected chi connectivity index (χ0v) is 25.0. The van der Waals surface area contributed by atoms with Crippen molar-refractivity contribution in [3.63, 3.8) is 0 Å². The van der Waals surface area contributed by atoms with Crippen molar-refractivity contribution in [2.45, 2.75) is 42.1 Å². The van der Waals surface area contributed by atoms with Crippen molar-refractivity contribution in [3.8, 4) is 0 Å². The Kier molecular flexibility index (Phi) is 11.5. The standard InChI is InChI=1S/C22H24F6N4O7S4/c23-21(24,25)16-10-29-8-14(31-16)19(40-4-6-42(34,35)36)12-2-1-3-13(18(12)33)20(41-5-7-43(37,38)39)15-9-30-11-17(32-15)22(26,27)28/h8-13,19-20H,1-7H2,(H,34,35,36)(H,37,38,39). The van der Waals surface area contributed by atoms with Crippen LogP contribution in [0.5, 0.6) is 0 Å². The first-order valence-electron chi connectivity index (χ1n) is 12.2. The van der Waals surface area contributed by atoms with Gasteiger partial charge in [0.1, 0.15) is 5.78 Å². The van der Waals surface area contributed by atoms with E-state index in [1.165, 1.54) is 0 Å². The lowest BCUT2D eigenvalue weighted by Gasteiger charge is -2.36. The van der Waals surface area contributed by atoms with Crippen molar-refractivity contribution >= 4 is 49.5 Å². The van der Waals surface area contributed by atoms with Crippen molar-refractivity contribution in [1.29, 1.82) is 0 Å². The maximum absolute atomic E-state index is 13.9. The van der Waals surface area contributed by atoms with E-state index in [2.05, 4.69) is 19.9 Å². The number of ketones is 1. The van der Waals surface area contributed by atoms with Crippen LogP contribution >= 0.6 is 23.5 Å². The topological polar surface area (TPSA) is 177 Å². The van der Waals surface area contributed by atoms with Crippen molar-refractivity contribution in [1.82, 2.24) is 19.9 Å². The van der Waals surface area contributed by atoms with Gasteiger partial charge < -0.3 is 0 Å². The number of Topliss-reactive ketones (excluding diaryl/α,β-unsaturated/α-hetero) is 1. The van der Waals surface area contributed by atoms with Gasteiger partial charge in [0.05, 0.1) is 45.8 Å². The third-order valence-corrected chi connectivity index (χ3v) is 10.9. The predicted molar refractivity (Wildman–Crippen MR) is 143 cm³/mol. The van der Waals surface area contributed by atoms with Crippen molar-refractivity contribution in [2.75, 3.05) is 23.0 Å². The minimum atomic E-state index is -4.90. The van der Waals surface area contributed by atoms with Crippen molar-refractivity contribution < 1.29 is 57.1 Å². The molecule has 3 rings (SSSR count). The van der Waals surface area contributed by atoms with E-state index in [1.807, 2.05) is 0 Å². The van der Waals surface area contributed by atoms with E-state index < -0.39 is 83.6 Å². The molecule has 0 saturated heterocycles. The van der Waals surface area contributed by atoms with Gasteiger partial charge in [0.2, 0.25) is 0 Å². The molecule has 0 aromatic carbocycles. The second kappa shape index (κ2) is 13.9. The molecule has 240 valence electrons. The Morgan fingerprint density at radius 3 is 1.44 bits per heavy atom. The molecule has 4 atom stereocenters. The number of alkyl halides is 6. The first-order valence-corrected chi connectivity index (χ1v) is 17.5. The number of hydrogen-bond donors (Lipinski definition) is 2. The Balaban J connectivity index is 2.02. The van der Waals surface area contributed by atoms with Crippen molar-refractivity contribution in [3.05, 3.63) is 47.6 Å². The van der Waals surface area contributed by atoms with E-state index in [4.69, 9.17) is 9.11 Å². The van der Waals surface area contributed by atoms with Crippen LogP contribution in [0, 0.1) is 11.8 Å². The summed E-state index contributed by atoms with van der Waals surface area (Å²) in [5.41, 5.74) is -3.35. The van der Waals surface area contributed by atoms with Gasteiger partial charge in [-0.05, 0) is 12.8 Å². The van der Waals surface area contributed by atoms with Crippen LogP contribution < -0.4 is 0 Å². The van der Waals surface area contributed by atoms with Gasteiger partial charge >= 0.3 is 12.4 Å². The number of carbonyl (C=O) groups is 1. The van der Waals surface area contributed by atoms with E-state index in [0.717, 1.165) is 35.9 Å². The minimum absolute atomic E-state index is 0.0907. The van der Waals surface area contributed by atoms with Crippen LogP contribution in [0.3, 0.4) is 0 Å². The molecular formula is C22H24F6N4O7S4. The van der Waals surface area contributed by atoms with E-state index in [-0.39, 0.29) is 42.2 Å². The summed E-state index contributed by atoms with van der Waals surface area (Å²) < 4.78 is 144. The molecule has 1 aliphatic rings. The van der Waals surface area contributed by atoms with Crippen LogP contribution in [-0.4, -0.2) is 74.7 Å². The fraction of sp³-hybridized carbons (Fsp3) is 0.591. The molecule has 1 fully saturated rings. The smallest absolute Gasteiger partial charge is 0.299 e. The lowest BCUT2D eigenvalue weighted by molar-refractivity contribution is -0.142. The molecule has 0 spiro atoms. The molecule has 2 aromatic rings. The second-order valence-corrected chi connectivity index (χ2v) is 15.0. The number of nitrogens with zero attached hydrogens (tertiary/aromatic N) is 4.